The van der Waals surface area contributed by atoms with E-state index in [-0.39, 0.29) is 176 Å². The van der Waals surface area contributed by atoms with Crippen molar-refractivity contribution in [2.24, 2.45) is 5.11 Å². The van der Waals surface area contributed by atoms with Crippen molar-refractivity contribution < 1.29 is 131 Å². The van der Waals surface area contributed by atoms with Crippen LogP contribution in [-0.4, -0.2) is 23.4 Å². The smallest absolute Gasteiger partial charge is 0 e. The number of terminal acetylenes is 2. The third-order valence-electron chi connectivity index (χ3n) is 0.851. The summed E-state index contributed by atoms with van der Waals surface area (Å²) in [4.78, 5) is 2.25. The fourth-order valence-corrected chi connectivity index (χ4v) is 0.465. The summed E-state index contributed by atoms with van der Waals surface area (Å²) in [6.45, 7) is 3.01. The molecular weight excluding hydrogens is 631 g/mol. The van der Waals surface area contributed by atoms with Crippen LogP contribution in [0.5, 0.6) is 0 Å². The molecule has 1 rings (SSSR count). The summed E-state index contributed by atoms with van der Waals surface area (Å²) in [6, 6.07) is 0. The maximum Gasteiger partial charge on any atom is 0 e. The second-order valence-electron chi connectivity index (χ2n) is 1.93. The molecule has 11 heteroatoms. The van der Waals surface area contributed by atoms with Gasteiger partial charge in [0.1, 0.15) is 0 Å². The molecule has 0 fully saturated rings. The van der Waals surface area contributed by atoms with E-state index in [9.17, 15) is 0 Å². The zero-order valence-electron chi connectivity index (χ0n) is 15.5. The normalized spacial score (nSPS) is 3.77. The van der Waals surface area contributed by atoms with E-state index in [1.54, 1.807) is 6.20 Å². The summed E-state index contributed by atoms with van der Waals surface area (Å²) in [5.74, 6) is 4.33. The van der Waals surface area contributed by atoms with Gasteiger partial charge in [-0.15, -0.1) is 17.8 Å². The van der Waals surface area contributed by atoms with Gasteiger partial charge in [0.05, 0.1) is 0 Å². The molecule has 0 spiro atoms. The van der Waals surface area contributed by atoms with Crippen LogP contribution >= 0.6 is 0 Å². The van der Waals surface area contributed by atoms with Crippen LogP contribution in [0, 0.1) is 81.8 Å². The fraction of sp³-hybridized carbons (Fsp3) is 0.0667. The predicted octanol–water partition coefficient (Wildman–Crippen LogP) is 3.69. The molecule has 7 radical (unpaired) electrons. The Morgan fingerprint density at radius 2 is 1.46 bits per heavy atom. The van der Waals surface area contributed by atoms with E-state index in [1.807, 2.05) is 5.92 Å². The molecule has 6 nitrogen and oxygen atoms in total. The van der Waals surface area contributed by atoms with E-state index < -0.39 is 0 Å². The number of azide groups is 1. The van der Waals surface area contributed by atoms with E-state index in [0.717, 1.165) is 0 Å². The van der Waals surface area contributed by atoms with Gasteiger partial charge in [0.25, 0.3) is 0 Å². The number of hydrogen-bond donors (Lipinski definition) is 0. The summed E-state index contributed by atoms with van der Waals surface area (Å²) in [5.41, 5.74) is 7.93. The molecule has 0 unspecified atom stereocenters. The summed E-state index contributed by atoms with van der Waals surface area (Å²) >= 11 is 0. The minimum atomic E-state index is 0. The maximum absolute atomic E-state index is 7.27. The topological polar surface area (TPSA) is 79.5 Å². The van der Waals surface area contributed by atoms with E-state index in [1.165, 1.54) is 11.1 Å². The molecule has 0 aliphatic rings. The molecule has 0 aliphatic carbocycles. The van der Waals surface area contributed by atoms with Crippen LogP contribution in [0.2, 0.25) is 0 Å². The summed E-state index contributed by atoms with van der Waals surface area (Å²) < 4.78 is 1.35. The number of hydrogen-bond acceptors (Lipinski definition) is 3. The van der Waals surface area contributed by atoms with Gasteiger partial charge < -0.3 is 53.8 Å². The molecule has 0 bridgehead atoms. The molecule has 0 saturated carbocycles. The van der Waals surface area contributed by atoms with Crippen LogP contribution in [0.15, 0.2) is 11.3 Å². The molecule has 1 aromatic rings. The molecule has 26 heavy (non-hydrogen) atoms. The molecule has 139 valence electrons. The largest absolute Gasteiger partial charge is 0.389 e. The molecule has 0 aliphatic heterocycles. The van der Waals surface area contributed by atoms with Crippen molar-refractivity contribution >= 4 is 8.41 Å². The van der Waals surface area contributed by atoms with Crippen LogP contribution in [0.4, 0.5) is 0 Å². The fourth-order valence-electron chi connectivity index (χ4n) is 0.465. The average molecular weight is 657 g/mol. The van der Waals surface area contributed by atoms with Crippen molar-refractivity contribution in [3.05, 3.63) is 79.5 Å². The molecule has 1 heterocycles. The van der Waals surface area contributed by atoms with E-state index in [4.69, 9.17) is 12.0 Å². The van der Waals surface area contributed by atoms with Gasteiger partial charge in [-0.05, 0) is 16.1 Å². The molecule has 0 N–H and O–H groups in total. The van der Waals surface area contributed by atoms with Gasteiger partial charge in [-0.3, -0.25) is 11.5 Å². The SMILES string of the molecule is C.C#C[CH-]c1cn([CH2-])nn1.C#C[CH2-].[B].[CH2-]N=[N+]=[N-].[CH3-].[CH3-].[CH3-].[CH3-].[Y].[Y].[Y].[Y]. The van der Waals surface area contributed by atoms with Gasteiger partial charge in [-0.25, -0.2) is 5.92 Å². The minimum Gasteiger partial charge on any atom is -0.389 e. The first kappa shape index (κ1) is 80.3. The zero-order chi connectivity index (χ0) is 12.8. The van der Waals surface area contributed by atoms with Crippen molar-refractivity contribution in [3.63, 3.8) is 0 Å². The van der Waals surface area contributed by atoms with E-state index >= 15 is 0 Å². The molecule has 1 aromatic heterocycles. The predicted molar refractivity (Wildman–Crippen MR) is 99.8 cm³/mol. The van der Waals surface area contributed by atoms with Crippen LogP contribution in [0.25, 0.3) is 10.4 Å². The average Bonchev–Trinajstić information content (AvgIpc) is 2.66. The van der Waals surface area contributed by atoms with Crippen molar-refractivity contribution in [2.75, 3.05) is 0 Å². The quantitative estimate of drug-likeness (QED) is 0.116. The second kappa shape index (κ2) is 71.7. The Hall–Kier alpha value is 1.53. The molecule has 0 aromatic carbocycles. The number of aromatic nitrogens is 3. The number of rotatable bonds is 1. The van der Waals surface area contributed by atoms with Crippen molar-refractivity contribution in [2.45, 2.75) is 7.43 Å². The van der Waals surface area contributed by atoms with Crippen LogP contribution < -0.4 is 0 Å². The van der Waals surface area contributed by atoms with E-state index in [0.29, 0.717) is 5.69 Å². The van der Waals surface area contributed by atoms with Gasteiger partial charge in [-0.2, -0.15) is 19.1 Å². The molecule has 0 atom stereocenters. The van der Waals surface area contributed by atoms with Crippen LogP contribution in [0.3, 0.4) is 0 Å². The third kappa shape index (κ3) is 72.8. The summed E-state index contributed by atoms with van der Waals surface area (Å²) in [6.07, 6.45) is 12.6. The molecule has 0 amide bonds. The Kier molecular flexibility index (Phi) is 222. The Labute approximate surface area is 266 Å². The van der Waals surface area contributed by atoms with Gasteiger partial charge in [0, 0.05) is 139 Å². The van der Waals surface area contributed by atoms with E-state index in [2.05, 4.69) is 53.7 Å². The summed E-state index contributed by atoms with van der Waals surface area (Å²) in [7, 11) is 6.29. The van der Waals surface area contributed by atoms with Crippen molar-refractivity contribution in [1.29, 1.82) is 0 Å². The van der Waals surface area contributed by atoms with Crippen molar-refractivity contribution in [3.8, 4) is 24.7 Å². The summed E-state index contributed by atoms with van der Waals surface area (Å²) in [5, 5.41) is 9.89. The maximum atomic E-state index is 7.27. The Bertz CT molecular complexity index is 425. The Morgan fingerprint density at radius 3 is 1.62 bits per heavy atom. The van der Waals surface area contributed by atoms with Crippen molar-refractivity contribution in [1.82, 2.24) is 15.0 Å². The first-order valence-electron chi connectivity index (χ1n) is 3.71. The third-order valence-corrected chi connectivity index (χ3v) is 0.851. The van der Waals surface area contributed by atoms with Gasteiger partial charge in [0.2, 0.25) is 0 Å². The number of nitrogens with zero attached hydrogens (tertiary/aromatic N) is 6. The molecular formula is C15H26BN6Y4-8. The Balaban J connectivity index is -0.0000000105. The first-order chi connectivity index (χ1) is 7.65. The monoisotopic (exact) mass is 657 g/mol. The second-order valence-corrected chi connectivity index (χ2v) is 1.93. The Morgan fingerprint density at radius 1 is 1.15 bits per heavy atom. The van der Waals surface area contributed by atoms with Gasteiger partial charge in [-0.1, -0.05) is 7.43 Å². The standard InChI is InChI=1S/C6H5N3.C3H3.CH2N3.CH4.4CH3.B.4Y/c1-3-4-6-5-9(2)8-7-6;1-3-2;1-3-4-2;;;;;;;;;;/h1,4-5H,2H2;1H,2H2;1H2;1H4;4*1H3;;;;;/q-2;2*-1;;4*-1;;;;;. The first-order valence-corrected chi connectivity index (χ1v) is 3.71. The molecule has 0 saturated heterocycles. The van der Waals surface area contributed by atoms with Gasteiger partial charge in [0.15, 0.2) is 0 Å². The minimum absolute atomic E-state index is 0. The van der Waals surface area contributed by atoms with Crippen LogP contribution in [-0.2, 0) is 131 Å². The van der Waals surface area contributed by atoms with Gasteiger partial charge >= 0.3 is 0 Å². The zero-order valence-corrected chi connectivity index (χ0v) is 26.9. The van der Waals surface area contributed by atoms with Crippen LogP contribution in [0.1, 0.15) is 13.1 Å².